The van der Waals surface area contributed by atoms with Crippen LogP contribution in [0.5, 0.6) is 0 Å². The maximum Gasteiger partial charge on any atom is 0.319 e. The molecule has 1 aromatic heterocycles. The van der Waals surface area contributed by atoms with E-state index >= 15 is 0 Å². The number of rotatable bonds is 7. The average molecular weight is 446 g/mol. The largest absolute Gasteiger partial charge is 0.334 e. The Balaban J connectivity index is 1.64. The van der Waals surface area contributed by atoms with Crippen LogP contribution >= 0.6 is 11.6 Å². The second-order valence-corrected chi connectivity index (χ2v) is 8.42. The Bertz CT molecular complexity index is 1120. The number of nitrogens with two attached hydrogens (primary N) is 1. The molecule has 156 valence electrons. The molecule has 3 rings (SSSR count). The summed E-state index contributed by atoms with van der Waals surface area (Å²) in [7, 11) is -3.85. The molecule has 0 saturated heterocycles. The Hall–Kier alpha value is -3.14. The van der Waals surface area contributed by atoms with Crippen LogP contribution in [0.25, 0.3) is 0 Å². The van der Waals surface area contributed by atoms with Crippen molar-refractivity contribution in [1.82, 2.24) is 10.3 Å². The molecule has 0 aliphatic carbocycles. The Kier molecular flexibility index (Phi) is 6.88. The second kappa shape index (κ2) is 9.57. The van der Waals surface area contributed by atoms with Crippen LogP contribution in [-0.4, -0.2) is 19.4 Å². The van der Waals surface area contributed by atoms with Crippen LogP contribution < -0.4 is 21.1 Å². The Morgan fingerprint density at radius 3 is 2.53 bits per heavy atom. The number of carbonyl (C=O) groups is 1. The van der Waals surface area contributed by atoms with Gasteiger partial charge in [0.15, 0.2) is 0 Å². The van der Waals surface area contributed by atoms with Gasteiger partial charge in [-0.2, -0.15) is 0 Å². The quantitative estimate of drug-likeness (QED) is 0.443. The van der Waals surface area contributed by atoms with Gasteiger partial charge in [0.1, 0.15) is 0 Å². The molecule has 3 aromatic rings. The monoisotopic (exact) mass is 445 g/mol. The van der Waals surface area contributed by atoms with Crippen molar-refractivity contribution in [3.05, 3.63) is 83.1 Å². The summed E-state index contributed by atoms with van der Waals surface area (Å²) in [6.07, 6.45) is 3.31. The van der Waals surface area contributed by atoms with E-state index in [9.17, 15) is 13.2 Å². The summed E-state index contributed by atoms with van der Waals surface area (Å²) in [6.45, 7) is 0.477. The molecule has 2 aromatic carbocycles. The third-order valence-electron chi connectivity index (χ3n) is 4.13. The number of aromatic nitrogens is 1. The zero-order chi connectivity index (χ0) is 21.6. The number of hydrogen-bond acceptors (Lipinski definition) is 5. The van der Waals surface area contributed by atoms with Crippen molar-refractivity contribution in [3.8, 4) is 0 Å². The second-order valence-electron chi connectivity index (χ2n) is 6.30. The Morgan fingerprint density at radius 1 is 1.10 bits per heavy atom. The van der Waals surface area contributed by atoms with Gasteiger partial charge in [-0.05, 0) is 53.6 Å². The van der Waals surface area contributed by atoms with Gasteiger partial charge in [-0.3, -0.25) is 9.71 Å². The van der Waals surface area contributed by atoms with Gasteiger partial charge in [0.25, 0.3) is 10.0 Å². The molecular formula is C20H20ClN5O3S. The predicted octanol–water partition coefficient (Wildman–Crippen LogP) is 3.32. The maximum absolute atomic E-state index is 12.7. The number of benzene rings is 2. The first-order chi connectivity index (χ1) is 14.4. The standard InChI is InChI=1S/C20H20ClN5O3S/c21-16-4-3-15(11-22)19(10-16)26-30(28,29)18-7-5-17(6-8-18)25-20(27)24-13-14-2-1-9-23-12-14/h1-10,12,26H,11,13,22H2,(H2,24,25,27). The van der Waals surface area contributed by atoms with Gasteiger partial charge < -0.3 is 16.4 Å². The third kappa shape index (κ3) is 5.69. The highest BCUT2D eigenvalue weighted by atomic mass is 35.5. The molecule has 2 amide bonds. The molecule has 0 aliphatic heterocycles. The summed E-state index contributed by atoms with van der Waals surface area (Å²) in [5.41, 5.74) is 7.90. The van der Waals surface area contributed by atoms with E-state index in [1.807, 2.05) is 6.07 Å². The van der Waals surface area contributed by atoms with Crippen LogP contribution in [0.1, 0.15) is 11.1 Å². The number of halogens is 1. The number of carbonyl (C=O) groups excluding carboxylic acids is 1. The fraction of sp³-hybridized carbons (Fsp3) is 0.100. The summed E-state index contributed by atoms with van der Waals surface area (Å²) in [6, 6.07) is 13.8. The molecule has 0 unspecified atom stereocenters. The number of sulfonamides is 1. The van der Waals surface area contributed by atoms with Crippen molar-refractivity contribution >= 4 is 39.0 Å². The number of hydrogen-bond donors (Lipinski definition) is 4. The average Bonchev–Trinajstić information content (AvgIpc) is 2.73. The minimum Gasteiger partial charge on any atom is -0.334 e. The van der Waals surface area contributed by atoms with Crippen LogP contribution in [0, 0.1) is 0 Å². The third-order valence-corrected chi connectivity index (χ3v) is 5.75. The highest BCUT2D eigenvalue weighted by molar-refractivity contribution is 7.92. The molecule has 0 bridgehead atoms. The number of pyridine rings is 1. The molecule has 0 atom stereocenters. The molecule has 0 radical (unpaired) electrons. The lowest BCUT2D eigenvalue weighted by Crippen LogP contribution is -2.28. The Labute approximate surface area is 179 Å². The first kappa shape index (κ1) is 21.6. The molecule has 0 fully saturated rings. The predicted molar refractivity (Wildman–Crippen MR) is 117 cm³/mol. The lowest BCUT2D eigenvalue weighted by atomic mass is 10.2. The van der Waals surface area contributed by atoms with Crippen molar-refractivity contribution in [1.29, 1.82) is 0 Å². The summed E-state index contributed by atoms with van der Waals surface area (Å²) >= 11 is 5.96. The van der Waals surface area contributed by atoms with Crippen LogP contribution in [0.2, 0.25) is 5.02 Å². The van der Waals surface area contributed by atoms with Gasteiger partial charge in [0.05, 0.1) is 10.6 Å². The SMILES string of the molecule is NCc1ccc(Cl)cc1NS(=O)(=O)c1ccc(NC(=O)NCc2cccnc2)cc1. The summed E-state index contributed by atoms with van der Waals surface area (Å²) in [4.78, 5) is 16.0. The van der Waals surface area contributed by atoms with Crippen molar-refractivity contribution in [2.75, 3.05) is 10.0 Å². The van der Waals surface area contributed by atoms with Crippen LogP contribution in [0.3, 0.4) is 0 Å². The Morgan fingerprint density at radius 2 is 1.87 bits per heavy atom. The van der Waals surface area contributed by atoms with Crippen molar-refractivity contribution in [3.63, 3.8) is 0 Å². The topological polar surface area (TPSA) is 126 Å². The number of nitrogens with zero attached hydrogens (tertiary/aromatic N) is 1. The van der Waals surface area contributed by atoms with Gasteiger partial charge in [-0.1, -0.05) is 23.7 Å². The molecule has 0 aliphatic rings. The van der Waals surface area contributed by atoms with Crippen LogP contribution in [0.15, 0.2) is 71.9 Å². The number of nitrogens with one attached hydrogen (secondary N) is 3. The van der Waals surface area contributed by atoms with E-state index in [-0.39, 0.29) is 11.4 Å². The lowest BCUT2D eigenvalue weighted by Gasteiger charge is -2.13. The van der Waals surface area contributed by atoms with Crippen LogP contribution in [0.4, 0.5) is 16.2 Å². The number of urea groups is 1. The van der Waals surface area contributed by atoms with E-state index in [1.165, 1.54) is 30.3 Å². The summed E-state index contributed by atoms with van der Waals surface area (Å²) in [5.74, 6) is 0. The summed E-state index contributed by atoms with van der Waals surface area (Å²) < 4.78 is 27.8. The normalized spacial score (nSPS) is 11.0. The van der Waals surface area contributed by atoms with E-state index < -0.39 is 16.1 Å². The van der Waals surface area contributed by atoms with Crippen LogP contribution in [-0.2, 0) is 23.1 Å². The van der Waals surface area contributed by atoms with Crippen molar-refractivity contribution in [2.24, 2.45) is 5.73 Å². The molecule has 30 heavy (non-hydrogen) atoms. The first-order valence-corrected chi connectivity index (χ1v) is 10.8. The van der Waals surface area contributed by atoms with E-state index in [0.717, 1.165) is 5.56 Å². The van der Waals surface area contributed by atoms with Crippen molar-refractivity contribution in [2.45, 2.75) is 18.0 Å². The zero-order valence-corrected chi connectivity index (χ0v) is 17.4. The smallest absolute Gasteiger partial charge is 0.319 e. The minimum absolute atomic E-state index is 0.0340. The number of anilines is 2. The molecule has 8 nitrogen and oxygen atoms in total. The molecular weight excluding hydrogens is 426 g/mol. The molecule has 1 heterocycles. The highest BCUT2D eigenvalue weighted by Gasteiger charge is 2.16. The van der Waals surface area contributed by atoms with Crippen molar-refractivity contribution < 1.29 is 13.2 Å². The van der Waals surface area contributed by atoms with E-state index in [4.69, 9.17) is 17.3 Å². The molecule has 0 saturated carbocycles. The molecule has 0 spiro atoms. The number of amides is 2. The molecule has 5 N–H and O–H groups in total. The van der Waals surface area contributed by atoms with Gasteiger partial charge in [0.2, 0.25) is 0 Å². The summed E-state index contributed by atoms with van der Waals surface area (Å²) in [5, 5.41) is 5.73. The van der Waals surface area contributed by atoms with E-state index in [0.29, 0.717) is 28.5 Å². The minimum atomic E-state index is -3.85. The van der Waals surface area contributed by atoms with Gasteiger partial charge in [0, 0.05) is 36.2 Å². The highest BCUT2D eigenvalue weighted by Crippen LogP contribution is 2.24. The lowest BCUT2D eigenvalue weighted by molar-refractivity contribution is 0.251. The fourth-order valence-corrected chi connectivity index (χ4v) is 3.87. The molecule has 10 heteroatoms. The fourth-order valence-electron chi connectivity index (χ4n) is 2.60. The van der Waals surface area contributed by atoms with Gasteiger partial charge in [-0.25, -0.2) is 13.2 Å². The van der Waals surface area contributed by atoms with E-state index in [2.05, 4.69) is 20.3 Å². The first-order valence-electron chi connectivity index (χ1n) is 8.92. The maximum atomic E-state index is 12.7. The van der Waals surface area contributed by atoms with Gasteiger partial charge in [-0.15, -0.1) is 0 Å². The van der Waals surface area contributed by atoms with Gasteiger partial charge >= 0.3 is 6.03 Å². The van der Waals surface area contributed by atoms with E-state index in [1.54, 1.807) is 30.6 Å². The zero-order valence-electron chi connectivity index (χ0n) is 15.8.